The molecule has 6 nitrogen and oxygen atoms in total. The lowest BCUT2D eigenvalue weighted by molar-refractivity contribution is -0.206. The van der Waals surface area contributed by atoms with Crippen molar-refractivity contribution < 1.29 is 30.6 Å². The second-order valence-electron chi connectivity index (χ2n) is 5.26. The highest BCUT2D eigenvalue weighted by Crippen LogP contribution is 2.36. The Balaban J connectivity index is 5.38. The number of aliphatic hydroxyl groups is 6. The van der Waals surface area contributed by atoms with Crippen LogP contribution in [0.5, 0.6) is 0 Å². The summed E-state index contributed by atoms with van der Waals surface area (Å²) in [6.07, 6.45) is -4.78. The summed E-state index contributed by atoms with van der Waals surface area (Å²) in [4.78, 5) is 0. The molecule has 6 N–H and O–H groups in total. The van der Waals surface area contributed by atoms with E-state index in [9.17, 15) is 30.6 Å². The largest absolute Gasteiger partial charge is 0.393 e. The SMILES string of the molecule is OCC(O)(CC(O)CCl)C(O)(CC(O)CCl)CC(O)CCl. The van der Waals surface area contributed by atoms with Gasteiger partial charge in [-0.2, -0.15) is 0 Å². The molecule has 0 aromatic rings. The molecule has 0 saturated carbocycles. The van der Waals surface area contributed by atoms with E-state index < -0.39 is 55.4 Å². The van der Waals surface area contributed by atoms with E-state index >= 15 is 0 Å². The molecule has 9 heteroatoms. The summed E-state index contributed by atoms with van der Waals surface area (Å²) >= 11 is 16.4. The molecule has 0 saturated heterocycles. The lowest BCUT2D eigenvalue weighted by atomic mass is 9.73. The fourth-order valence-electron chi connectivity index (χ4n) is 2.20. The van der Waals surface area contributed by atoms with Gasteiger partial charge in [0.1, 0.15) is 11.2 Å². The standard InChI is InChI=1S/C12H23Cl3O6/c13-4-8(17)1-11(20,2-9(18)5-14)12(21,7-16)3-10(19)6-15/h8-10,16-21H,1-7H2. The fourth-order valence-corrected chi connectivity index (χ4v) is 2.53. The summed E-state index contributed by atoms with van der Waals surface area (Å²) in [6, 6.07) is 0. The third-order valence-electron chi connectivity index (χ3n) is 3.38. The van der Waals surface area contributed by atoms with Crippen LogP contribution in [0.2, 0.25) is 0 Å². The molecule has 0 aliphatic rings. The van der Waals surface area contributed by atoms with Crippen molar-refractivity contribution in [2.24, 2.45) is 0 Å². The zero-order valence-electron chi connectivity index (χ0n) is 11.5. The summed E-state index contributed by atoms with van der Waals surface area (Å²) in [5.41, 5.74) is -4.28. The summed E-state index contributed by atoms with van der Waals surface area (Å²) in [6.45, 7) is -0.901. The number of alkyl halides is 3. The monoisotopic (exact) mass is 368 g/mol. The molecule has 0 aliphatic heterocycles. The fraction of sp³-hybridized carbons (Fsp3) is 1.00. The zero-order chi connectivity index (χ0) is 16.7. The Labute approximate surface area is 138 Å². The van der Waals surface area contributed by atoms with Crippen molar-refractivity contribution in [2.45, 2.75) is 48.8 Å². The molecule has 4 atom stereocenters. The minimum atomic E-state index is -2.18. The number of halogens is 3. The van der Waals surface area contributed by atoms with Crippen molar-refractivity contribution in [3.05, 3.63) is 0 Å². The van der Waals surface area contributed by atoms with Crippen molar-refractivity contribution in [3.63, 3.8) is 0 Å². The van der Waals surface area contributed by atoms with Gasteiger partial charge in [0.05, 0.1) is 24.9 Å². The van der Waals surface area contributed by atoms with E-state index in [0.717, 1.165) is 0 Å². The predicted octanol–water partition coefficient (Wildman–Crippen LogP) is -0.590. The van der Waals surface area contributed by atoms with Crippen LogP contribution in [0.15, 0.2) is 0 Å². The minimum absolute atomic E-state index is 0.209. The minimum Gasteiger partial charge on any atom is -0.393 e. The third kappa shape index (κ3) is 6.33. The second-order valence-corrected chi connectivity index (χ2v) is 6.18. The van der Waals surface area contributed by atoms with Gasteiger partial charge in [0.15, 0.2) is 0 Å². The van der Waals surface area contributed by atoms with Crippen LogP contribution in [0, 0.1) is 0 Å². The van der Waals surface area contributed by atoms with E-state index in [-0.39, 0.29) is 17.6 Å². The number of hydrogen-bond acceptors (Lipinski definition) is 6. The Morgan fingerprint density at radius 3 is 1.19 bits per heavy atom. The Hall–Kier alpha value is 0.630. The first kappa shape index (κ1) is 21.6. The molecule has 0 aromatic carbocycles. The van der Waals surface area contributed by atoms with Crippen LogP contribution in [0.25, 0.3) is 0 Å². The molecule has 0 amide bonds. The molecule has 0 heterocycles. The van der Waals surface area contributed by atoms with Gasteiger partial charge >= 0.3 is 0 Å². The zero-order valence-corrected chi connectivity index (χ0v) is 13.8. The topological polar surface area (TPSA) is 121 Å². The first-order valence-electron chi connectivity index (χ1n) is 6.45. The highest BCUT2D eigenvalue weighted by Gasteiger charge is 2.51. The van der Waals surface area contributed by atoms with Crippen molar-refractivity contribution in [2.75, 3.05) is 24.2 Å². The van der Waals surface area contributed by atoms with Gasteiger partial charge in [-0.3, -0.25) is 0 Å². The van der Waals surface area contributed by atoms with Gasteiger partial charge in [0.25, 0.3) is 0 Å². The van der Waals surface area contributed by atoms with E-state index in [1.807, 2.05) is 0 Å². The number of hydrogen-bond donors (Lipinski definition) is 6. The van der Waals surface area contributed by atoms with Gasteiger partial charge in [-0.1, -0.05) is 0 Å². The normalized spacial score (nSPS) is 22.1. The smallest absolute Gasteiger partial charge is 0.119 e. The second kappa shape index (κ2) is 9.70. The van der Waals surface area contributed by atoms with Crippen LogP contribution in [0.1, 0.15) is 19.3 Å². The van der Waals surface area contributed by atoms with Crippen LogP contribution < -0.4 is 0 Å². The molecule has 0 aliphatic carbocycles. The van der Waals surface area contributed by atoms with Crippen molar-refractivity contribution in [3.8, 4) is 0 Å². The highest BCUT2D eigenvalue weighted by atomic mass is 35.5. The van der Waals surface area contributed by atoms with Crippen LogP contribution in [0.4, 0.5) is 0 Å². The molecule has 0 spiro atoms. The lowest BCUT2D eigenvalue weighted by Crippen LogP contribution is -2.61. The average molecular weight is 370 g/mol. The van der Waals surface area contributed by atoms with E-state index in [1.54, 1.807) is 0 Å². The molecular weight excluding hydrogens is 346 g/mol. The van der Waals surface area contributed by atoms with Crippen molar-refractivity contribution in [1.29, 1.82) is 0 Å². The molecular formula is C12H23Cl3O6. The molecule has 0 rings (SSSR count). The molecule has 4 unspecified atom stereocenters. The summed E-state index contributed by atoms with van der Waals surface area (Å²) in [5.74, 6) is -0.633. The maximum absolute atomic E-state index is 10.7. The van der Waals surface area contributed by atoms with E-state index in [1.165, 1.54) is 0 Å². The van der Waals surface area contributed by atoms with Gasteiger partial charge in [0, 0.05) is 36.9 Å². The van der Waals surface area contributed by atoms with E-state index in [4.69, 9.17) is 34.8 Å². The third-order valence-corrected chi connectivity index (χ3v) is 4.45. The van der Waals surface area contributed by atoms with Crippen LogP contribution in [-0.4, -0.2) is 84.4 Å². The highest BCUT2D eigenvalue weighted by molar-refractivity contribution is 6.18. The molecule has 0 aromatic heterocycles. The molecule has 128 valence electrons. The van der Waals surface area contributed by atoms with Crippen molar-refractivity contribution in [1.82, 2.24) is 0 Å². The Bertz CT molecular complexity index is 284. The molecule has 0 bridgehead atoms. The van der Waals surface area contributed by atoms with E-state index in [2.05, 4.69) is 0 Å². The molecule has 0 radical (unpaired) electrons. The van der Waals surface area contributed by atoms with Crippen LogP contribution >= 0.6 is 34.8 Å². The Morgan fingerprint density at radius 2 is 0.952 bits per heavy atom. The number of aliphatic hydroxyl groups excluding tert-OH is 4. The van der Waals surface area contributed by atoms with Crippen molar-refractivity contribution >= 4 is 34.8 Å². The van der Waals surface area contributed by atoms with Gasteiger partial charge in [-0.15, -0.1) is 34.8 Å². The molecule has 21 heavy (non-hydrogen) atoms. The van der Waals surface area contributed by atoms with Gasteiger partial charge in [-0.25, -0.2) is 0 Å². The maximum Gasteiger partial charge on any atom is 0.119 e. The van der Waals surface area contributed by atoms with Crippen LogP contribution in [-0.2, 0) is 0 Å². The van der Waals surface area contributed by atoms with Gasteiger partial charge < -0.3 is 30.6 Å². The first-order chi connectivity index (χ1) is 9.67. The van der Waals surface area contributed by atoms with Crippen LogP contribution in [0.3, 0.4) is 0 Å². The van der Waals surface area contributed by atoms with Gasteiger partial charge in [-0.05, 0) is 0 Å². The van der Waals surface area contributed by atoms with Gasteiger partial charge in [0.2, 0.25) is 0 Å². The predicted molar refractivity (Wildman–Crippen MR) is 81.0 cm³/mol. The number of rotatable bonds is 11. The quantitative estimate of drug-likeness (QED) is 0.271. The lowest BCUT2D eigenvalue weighted by Gasteiger charge is -2.45. The molecule has 0 fully saturated rings. The summed E-state index contributed by atoms with van der Waals surface area (Å²) < 4.78 is 0. The van der Waals surface area contributed by atoms with E-state index in [0.29, 0.717) is 0 Å². The summed E-state index contributed by atoms with van der Waals surface area (Å²) in [5, 5.41) is 59.5. The summed E-state index contributed by atoms with van der Waals surface area (Å²) in [7, 11) is 0. The maximum atomic E-state index is 10.7. The Kier molecular flexibility index (Phi) is 9.99. The first-order valence-corrected chi connectivity index (χ1v) is 8.06. The average Bonchev–Trinajstić information content (AvgIpc) is 2.45. The Morgan fingerprint density at radius 1 is 0.667 bits per heavy atom.